The summed E-state index contributed by atoms with van der Waals surface area (Å²) in [6.07, 6.45) is 1.40. The van der Waals surface area contributed by atoms with Crippen LogP contribution in [0.25, 0.3) is 11.4 Å². The van der Waals surface area contributed by atoms with Crippen molar-refractivity contribution >= 4 is 29.0 Å². The maximum atomic E-state index is 11.7. The average Bonchev–Trinajstić information content (AvgIpc) is 2.66. The molecule has 2 heterocycles. The SMILES string of the molecule is CCc1cc(=O)[nH]c(-c2ccc(NCC(O)c3c(Cl)cccc3Cl)nc2)n1. The molecule has 27 heavy (non-hydrogen) atoms. The van der Waals surface area contributed by atoms with Gasteiger partial charge in [-0.3, -0.25) is 4.79 Å². The molecule has 3 N–H and O–H groups in total. The zero-order valence-corrected chi connectivity index (χ0v) is 16.1. The first-order valence-electron chi connectivity index (χ1n) is 8.40. The van der Waals surface area contributed by atoms with Crippen LogP contribution in [0.3, 0.4) is 0 Å². The minimum atomic E-state index is -0.882. The van der Waals surface area contributed by atoms with Gasteiger partial charge in [-0.2, -0.15) is 0 Å². The van der Waals surface area contributed by atoms with Gasteiger partial charge in [-0.05, 0) is 30.7 Å². The standard InChI is InChI=1S/C19H18Cl2N4O2/c1-2-12-8-17(27)25-19(24-12)11-6-7-16(22-9-11)23-10-15(26)18-13(20)4-3-5-14(18)21/h3-9,15,26H,2,10H2,1H3,(H,22,23)(H,24,25,27). The topological polar surface area (TPSA) is 90.9 Å². The number of rotatable bonds is 6. The Morgan fingerprint density at radius 2 is 1.96 bits per heavy atom. The zero-order chi connectivity index (χ0) is 19.4. The third-order valence-corrected chi connectivity index (χ3v) is 4.66. The number of H-pyrrole nitrogens is 1. The fourth-order valence-electron chi connectivity index (χ4n) is 2.60. The summed E-state index contributed by atoms with van der Waals surface area (Å²) in [5, 5.41) is 14.2. The highest BCUT2D eigenvalue weighted by molar-refractivity contribution is 6.36. The van der Waals surface area contributed by atoms with Gasteiger partial charge in [0.05, 0.1) is 6.10 Å². The Balaban J connectivity index is 1.71. The van der Waals surface area contributed by atoms with Crippen LogP contribution in [0.15, 0.2) is 47.4 Å². The summed E-state index contributed by atoms with van der Waals surface area (Å²) in [7, 11) is 0. The average molecular weight is 405 g/mol. The van der Waals surface area contributed by atoms with E-state index in [-0.39, 0.29) is 12.1 Å². The Morgan fingerprint density at radius 3 is 2.59 bits per heavy atom. The molecule has 140 valence electrons. The van der Waals surface area contributed by atoms with Crippen molar-refractivity contribution in [3.63, 3.8) is 0 Å². The Kier molecular flexibility index (Phi) is 6.11. The van der Waals surface area contributed by atoms with E-state index in [9.17, 15) is 9.90 Å². The minimum Gasteiger partial charge on any atom is -0.386 e. The molecule has 0 amide bonds. The van der Waals surface area contributed by atoms with E-state index >= 15 is 0 Å². The number of pyridine rings is 1. The second-order valence-electron chi connectivity index (χ2n) is 5.90. The number of aliphatic hydroxyl groups excluding tert-OH is 1. The number of aromatic amines is 1. The molecule has 1 unspecified atom stereocenters. The lowest BCUT2D eigenvalue weighted by Crippen LogP contribution is -2.14. The Morgan fingerprint density at radius 1 is 1.22 bits per heavy atom. The summed E-state index contributed by atoms with van der Waals surface area (Å²) in [5.74, 6) is 1.04. The van der Waals surface area contributed by atoms with E-state index < -0.39 is 6.10 Å². The molecule has 8 heteroatoms. The van der Waals surface area contributed by atoms with Crippen LogP contribution < -0.4 is 10.9 Å². The molecule has 0 aliphatic rings. The Hall–Kier alpha value is -2.41. The molecular weight excluding hydrogens is 387 g/mol. The number of nitrogens with zero attached hydrogens (tertiary/aromatic N) is 2. The van der Waals surface area contributed by atoms with Gasteiger partial charge < -0.3 is 15.4 Å². The van der Waals surface area contributed by atoms with Crippen LogP contribution in [0.2, 0.25) is 10.0 Å². The molecule has 0 fully saturated rings. The number of aromatic nitrogens is 3. The van der Waals surface area contributed by atoms with Crippen LogP contribution in [0.4, 0.5) is 5.82 Å². The molecule has 0 radical (unpaired) electrons. The highest BCUT2D eigenvalue weighted by Gasteiger charge is 2.15. The van der Waals surface area contributed by atoms with E-state index in [1.807, 2.05) is 6.92 Å². The number of anilines is 1. The fraction of sp³-hybridized carbons (Fsp3) is 0.211. The van der Waals surface area contributed by atoms with Crippen LogP contribution in [0.5, 0.6) is 0 Å². The van der Waals surface area contributed by atoms with E-state index in [0.29, 0.717) is 39.2 Å². The van der Waals surface area contributed by atoms with E-state index in [1.165, 1.54) is 6.07 Å². The van der Waals surface area contributed by atoms with Crippen molar-refractivity contribution in [2.75, 3.05) is 11.9 Å². The van der Waals surface area contributed by atoms with E-state index in [2.05, 4.69) is 20.3 Å². The lowest BCUT2D eigenvalue weighted by molar-refractivity contribution is 0.191. The van der Waals surface area contributed by atoms with Crippen LogP contribution in [-0.4, -0.2) is 26.6 Å². The van der Waals surface area contributed by atoms with Gasteiger partial charge in [0, 0.05) is 45.7 Å². The van der Waals surface area contributed by atoms with Gasteiger partial charge in [0.25, 0.3) is 5.56 Å². The molecule has 0 aliphatic heterocycles. The predicted octanol–water partition coefficient (Wildman–Crippen LogP) is 3.85. The second kappa shape index (κ2) is 8.52. The first-order chi connectivity index (χ1) is 13.0. The number of aliphatic hydroxyl groups is 1. The van der Waals surface area contributed by atoms with Crippen molar-refractivity contribution in [1.29, 1.82) is 0 Å². The van der Waals surface area contributed by atoms with Gasteiger partial charge in [0.15, 0.2) is 0 Å². The van der Waals surface area contributed by atoms with Crippen molar-refractivity contribution in [2.45, 2.75) is 19.4 Å². The summed E-state index contributed by atoms with van der Waals surface area (Å²) in [6.45, 7) is 2.13. The molecule has 0 spiro atoms. The van der Waals surface area contributed by atoms with Crippen LogP contribution in [-0.2, 0) is 6.42 Å². The van der Waals surface area contributed by atoms with Crippen LogP contribution in [0.1, 0.15) is 24.3 Å². The van der Waals surface area contributed by atoms with E-state index in [4.69, 9.17) is 23.2 Å². The van der Waals surface area contributed by atoms with Gasteiger partial charge in [0.1, 0.15) is 11.6 Å². The number of hydrogen-bond acceptors (Lipinski definition) is 5. The maximum absolute atomic E-state index is 11.7. The quantitative estimate of drug-likeness (QED) is 0.580. The van der Waals surface area contributed by atoms with Crippen LogP contribution >= 0.6 is 23.2 Å². The zero-order valence-electron chi connectivity index (χ0n) is 14.5. The summed E-state index contributed by atoms with van der Waals surface area (Å²) in [5.41, 5.74) is 1.69. The third kappa shape index (κ3) is 4.66. The van der Waals surface area contributed by atoms with Gasteiger partial charge in [0.2, 0.25) is 0 Å². The number of aryl methyl sites for hydroxylation is 1. The molecule has 0 bridgehead atoms. The fourth-order valence-corrected chi connectivity index (χ4v) is 3.25. The molecule has 6 nitrogen and oxygen atoms in total. The number of halogens is 2. The molecule has 0 saturated heterocycles. The van der Waals surface area contributed by atoms with Crippen molar-refractivity contribution in [3.8, 4) is 11.4 Å². The normalized spacial score (nSPS) is 12.0. The molecular formula is C19H18Cl2N4O2. The largest absolute Gasteiger partial charge is 0.386 e. The summed E-state index contributed by atoms with van der Waals surface area (Å²) < 4.78 is 0. The first kappa shape index (κ1) is 19.4. The highest BCUT2D eigenvalue weighted by atomic mass is 35.5. The van der Waals surface area contributed by atoms with Gasteiger partial charge in [-0.15, -0.1) is 0 Å². The Labute approximate surface area is 166 Å². The van der Waals surface area contributed by atoms with Gasteiger partial charge in [-0.1, -0.05) is 36.2 Å². The molecule has 3 aromatic rings. The Bertz CT molecular complexity index is 969. The summed E-state index contributed by atoms with van der Waals surface area (Å²) in [4.78, 5) is 23.1. The monoisotopic (exact) mass is 404 g/mol. The summed E-state index contributed by atoms with van der Waals surface area (Å²) in [6, 6.07) is 10.1. The smallest absolute Gasteiger partial charge is 0.251 e. The first-order valence-corrected chi connectivity index (χ1v) is 9.16. The number of benzene rings is 1. The lowest BCUT2D eigenvalue weighted by atomic mass is 10.1. The molecule has 1 aromatic carbocycles. The van der Waals surface area contributed by atoms with Crippen molar-refractivity contribution in [2.24, 2.45) is 0 Å². The molecule has 0 aliphatic carbocycles. The molecule has 1 atom stereocenters. The van der Waals surface area contributed by atoms with Gasteiger partial charge >= 0.3 is 0 Å². The molecule has 0 saturated carbocycles. The highest BCUT2D eigenvalue weighted by Crippen LogP contribution is 2.30. The maximum Gasteiger partial charge on any atom is 0.251 e. The van der Waals surface area contributed by atoms with Crippen molar-refractivity contribution in [3.05, 3.63) is 74.3 Å². The molecule has 3 rings (SSSR count). The minimum absolute atomic E-state index is 0.191. The van der Waals surface area contributed by atoms with Crippen LogP contribution in [0, 0.1) is 0 Å². The second-order valence-corrected chi connectivity index (χ2v) is 6.72. The number of nitrogens with one attached hydrogen (secondary N) is 2. The number of hydrogen-bond donors (Lipinski definition) is 3. The van der Waals surface area contributed by atoms with Crippen molar-refractivity contribution in [1.82, 2.24) is 15.0 Å². The third-order valence-electron chi connectivity index (χ3n) is 4.00. The summed E-state index contributed by atoms with van der Waals surface area (Å²) >= 11 is 12.2. The van der Waals surface area contributed by atoms with E-state index in [1.54, 1.807) is 36.5 Å². The van der Waals surface area contributed by atoms with E-state index in [0.717, 1.165) is 5.69 Å². The van der Waals surface area contributed by atoms with Crippen molar-refractivity contribution < 1.29 is 5.11 Å². The predicted molar refractivity (Wildman–Crippen MR) is 107 cm³/mol. The molecule has 2 aromatic heterocycles. The van der Waals surface area contributed by atoms with Gasteiger partial charge in [-0.25, -0.2) is 9.97 Å². The lowest BCUT2D eigenvalue weighted by Gasteiger charge is -2.15.